The molecule has 2 rings (SSSR count). The Labute approximate surface area is 144 Å². The first-order valence-corrected chi connectivity index (χ1v) is 9.52. The van der Waals surface area contributed by atoms with E-state index in [0.29, 0.717) is 5.92 Å². The summed E-state index contributed by atoms with van der Waals surface area (Å²) >= 11 is 0. The van der Waals surface area contributed by atoms with Gasteiger partial charge in [0, 0.05) is 18.6 Å². The zero-order valence-electron chi connectivity index (χ0n) is 16.4. The second kappa shape index (κ2) is 7.38. The zero-order chi connectivity index (χ0) is 17.2. The van der Waals surface area contributed by atoms with Crippen LogP contribution in [-0.4, -0.2) is 23.5 Å². The summed E-state index contributed by atoms with van der Waals surface area (Å²) in [6, 6.07) is 10.8. The number of nitrogens with zero attached hydrogens (tertiary/aromatic N) is 1. The maximum Gasteiger partial charge on any atom is 0.00724 e. The Morgan fingerprint density at radius 2 is 1.52 bits per heavy atom. The highest BCUT2D eigenvalue weighted by Crippen LogP contribution is 2.28. The molecule has 1 aliphatic heterocycles. The second-order valence-corrected chi connectivity index (χ2v) is 9.23. The minimum absolute atomic E-state index is 0.250. The van der Waals surface area contributed by atoms with Crippen LogP contribution in [0.3, 0.4) is 0 Å². The lowest BCUT2D eigenvalue weighted by Gasteiger charge is -2.43. The lowest BCUT2D eigenvalue weighted by atomic mass is 9.85. The van der Waals surface area contributed by atoms with Crippen molar-refractivity contribution in [3.8, 4) is 0 Å². The molecule has 1 aromatic rings. The lowest BCUT2D eigenvalue weighted by molar-refractivity contribution is 0.0619. The zero-order valence-corrected chi connectivity index (χ0v) is 16.4. The van der Waals surface area contributed by atoms with E-state index in [1.165, 1.54) is 36.9 Å². The first-order valence-electron chi connectivity index (χ1n) is 9.52. The van der Waals surface area contributed by atoms with Crippen LogP contribution in [0.4, 0.5) is 0 Å². The van der Waals surface area contributed by atoms with Gasteiger partial charge in [-0.3, -0.25) is 4.90 Å². The SMILES string of the molecule is CC1CC(C)N(CC(C)Cc2ccc(C(C)(C)C)cc2)C(C)C1. The summed E-state index contributed by atoms with van der Waals surface area (Å²) in [7, 11) is 0. The van der Waals surface area contributed by atoms with E-state index in [1.54, 1.807) is 0 Å². The minimum Gasteiger partial charge on any atom is -0.298 e. The molecular weight excluding hydrogens is 278 g/mol. The molecule has 0 saturated carbocycles. The summed E-state index contributed by atoms with van der Waals surface area (Å²) in [5.41, 5.74) is 3.16. The highest BCUT2D eigenvalue weighted by atomic mass is 15.2. The van der Waals surface area contributed by atoms with E-state index in [4.69, 9.17) is 0 Å². The molecule has 1 saturated heterocycles. The van der Waals surface area contributed by atoms with Crippen molar-refractivity contribution in [2.45, 2.75) is 85.2 Å². The summed E-state index contributed by atoms with van der Waals surface area (Å²) in [4.78, 5) is 2.74. The lowest BCUT2D eigenvalue weighted by Crippen LogP contribution is -2.48. The van der Waals surface area contributed by atoms with E-state index in [0.717, 1.165) is 18.0 Å². The topological polar surface area (TPSA) is 3.24 Å². The maximum absolute atomic E-state index is 2.74. The minimum atomic E-state index is 0.250. The molecule has 0 spiro atoms. The Morgan fingerprint density at radius 1 is 1.00 bits per heavy atom. The van der Waals surface area contributed by atoms with Crippen LogP contribution in [0.1, 0.15) is 72.4 Å². The van der Waals surface area contributed by atoms with Crippen molar-refractivity contribution in [3.05, 3.63) is 35.4 Å². The summed E-state index contributed by atoms with van der Waals surface area (Å²) in [5.74, 6) is 1.60. The summed E-state index contributed by atoms with van der Waals surface area (Å²) < 4.78 is 0. The monoisotopic (exact) mass is 315 g/mol. The number of piperidine rings is 1. The Kier molecular flexibility index (Phi) is 5.94. The molecule has 23 heavy (non-hydrogen) atoms. The second-order valence-electron chi connectivity index (χ2n) is 9.23. The highest BCUT2D eigenvalue weighted by molar-refractivity contribution is 5.27. The molecule has 1 aliphatic rings. The van der Waals surface area contributed by atoms with Gasteiger partial charge in [0.15, 0.2) is 0 Å². The van der Waals surface area contributed by atoms with Crippen molar-refractivity contribution >= 4 is 0 Å². The molecule has 1 heteroatoms. The number of hydrogen-bond donors (Lipinski definition) is 0. The van der Waals surface area contributed by atoms with Crippen LogP contribution in [0.2, 0.25) is 0 Å². The standard InChI is InChI=1S/C22H37N/c1-16-12-18(3)23(19(4)13-16)15-17(2)14-20-8-10-21(11-9-20)22(5,6)7/h8-11,16-19H,12-15H2,1-7H3. The molecule has 1 aromatic carbocycles. The van der Waals surface area contributed by atoms with Gasteiger partial charge in [-0.05, 0) is 61.5 Å². The normalized spacial score (nSPS) is 27.9. The van der Waals surface area contributed by atoms with Gasteiger partial charge in [-0.2, -0.15) is 0 Å². The van der Waals surface area contributed by atoms with E-state index in [1.807, 2.05) is 0 Å². The predicted octanol–water partition coefficient (Wildman–Crippen LogP) is 5.67. The van der Waals surface area contributed by atoms with Crippen LogP contribution in [-0.2, 0) is 11.8 Å². The predicted molar refractivity (Wildman–Crippen MR) is 102 cm³/mol. The van der Waals surface area contributed by atoms with Crippen LogP contribution < -0.4 is 0 Å². The van der Waals surface area contributed by atoms with Crippen LogP contribution in [0, 0.1) is 11.8 Å². The summed E-state index contributed by atoms with van der Waals surface area (Å²) in [5, 5.41) is 0. The van der Waals surface area contributed by atoms with Crippen molar-refractivity contribution in [2.24, 2.45) is 11.8 Å². The Hall–Kier alpha value is -0.820. The number of likely N-dealkylation sites (tertiary alicyclic amines) is 1. The van der Waals surface area contributed by atoms with Crippen molar-refractivity contribution in [1.29, 1.82) is 0 Å². The van der Waals surface area contributed by atoms with Gasteiger partial charge in [0.2, 0.25) is 0 Å². The third kappa shape index (κ3) is 5.08. The number of rotatable bonds is 4. The molecular formula is C22H37N. The van der Waals surface area contributed by atoms with Crippen molar-refractivity contribution in [1.82, 2.24) is 4.90 Å². The third-order valence-corrected chi connectivity index (χ3v) is 5.55. The van der Waals surface area contributed by atoms with Crippen LogP contribution >= 0.6 is 0 Å². The molecule has 0 N–H and O–H groups in total. The molecule has 130 valence electrons. The smallest absolute Gasteiger partial charge is 0.00724 e. The fraction of sp³-hybridized carbons (Fsp3) is 0.727. The van der Waals surface area contributed by atoms with Gasteiger partial charge in [-0.1, -0.05) is 58.9 Å². The van der Waals surface area contributed by atoms with Gasteiger partial charge in [0.25, 0.3) is 0 Å². The summed E-state index contributed by atoms with van der Waals surface area (Å²) in [6.07, 6.45) is 3.91. The average Bonchev–Trinajstić information content (AvgIpc) is 2.42. The van der Waals surface area contributed by atoms with Crippen LogP contribution in [0.5, 0.6) is 0 Å². The van der Waals surface area contributed by atoms with Crippen molar-refractivity contribution in [2.75, 3.05) is 6.54 Å². The van der Waals surface area contributed by atoms with E-state index in [9.17, 15) is 0 Å². The van der Waals surface area contributed by atoms with Gasteiger partial charge < -0.3 is 0 Å². The molecule has 0 aliphatic carbocycles. The highest BCUT2D eigenvalue weighted by Gasteiger charge is 2.29. The Morgan fingerprint density at radius 3 is 2.00 bits per heavy atom. The van der Waals surface area contributed by atoms with Crippen molar-refractivity contribution < 1.29 is 0 Å². The molecule has 0 aromatic heterocycles. The quantitative estimate of drug-likeness (QED) is 0.691. The first kappa shape index (κ1) is 18.5. The fourth-order valence-electron chi connectivity index (χ4n) is 4.29. The largest absolute Gasteiger partial charge is 0.298 e. The molecule has 1 fully saturated rings. The Balaban J connectivity index is 1.93. The molecule has 3 unspecified atom stereocenters. The molecule has 0 amide bonds. The maximum atomic E-state index is 2.74. The molecule has 1 heterocycles. The molecule has 1 nitrogen and oxygen atoms in total. The van der Waals surface area contributed by atoms with Gasteiger partial charge in [-0.25, -0.2) is 0 Å². The van der Waals surface area contributed by atoms with Gasteiger partial charge in [-0.15, -0.1) is 0 Å². The number of benzene rings is 1. The molecule has 0 radical (unpaired) electrons. The van der Waals surface area contributed by atoms with Gasteiger partial charge in [0.1, 0.15) is 0 Å². The first-order chi connectivity index (χ1) is 10.7. The van der Waals surface area contributed by atoms with E-state index in [-0.39, 0.29) is 5.41 Å². The van der Waals surface area contributed by atoms with E-state index >= 15 is 0 Å². The Bertz CT molecular complexity index is 470. The average molecular weight is 316 g/mol. The van der Waals surface area contributed by atoms with Crippen molar-refractivity contribution in [3.63, 3.8) is 0 Å². The molecule has 3 atom stereocenters. The van der Waals surface area contributed by atoms with Crippen LogP contribution in [0.15, 0.2) is 24.3 Å². The van der Waals surface area contributed by atoms with Crippen LogP contribution in [0.25, 0.3) is 0 Å². The van der Waals surface area contributed by atoms with Gasteiger partial charge in [0.05, 0.1) is 0 Å². The summed E-state index contributed by atoms with van der Waals surface area (Å²) in [6.45, 7) is 17.7. The van der Waals surface area contributed by atoms with E-state index < -0.39 is 0 Å². The third-order valence-electron chi connectivity index (χ3n) is 5.55. The number of hydrogen-bond acceptors (Lipinski definition) is 1. The molecule has 0 bridgehead atoms. The van der Waals surface area contributed by atoms with Gasteiger partial charge >= 0.3 is 0 Å². The fourth-order valence-corrected chi connectivity index (χ4v) is 4.29. The van der Waals surface area contributed by atoms with E-state index in [2.05, 4.69) is 77.6 Å².